The van der Waals surface area contributed by atoms with E-state index >= 15 is 0 Å². The molecule has 1 aliphatic heterocycles. The van der Waals surface area contributed by atoms with Gasteiger partial charge in [0.25, 0.3) is 0 Å². The maximum atomic E-state index is 12.5. The van der Waals surface area contributed by atoms with Crippen molar-refractivity contribution >= 4 is 28.9 Å². The normalized spacial score (nSPS) is 12.3. The molecule has 0 spiro atoms. The number of rotatable bonds is 6. The van der Waals surface area contributed by atoms with Gasteiger partial charge < -0.3 is 14.8 Å². The van der Waals surface area contributed by atoms with E-state index in [9.17, 15) is 4.79 Å². The number of hydrogen-bond donors (Lipinski definition) is 1. The second-order valence-corrected chi connectivity index (χ2v) is 8.01. The van der Waals surface area contributed by atoms with Gasteiger partial charge in [0.2, 0.25) is 12.7 Å². The third kappa shape index (κ3) is 4.06. The van der Waals surface area contributed by atoms with Crippen molar-refractivity contribution in [2.24, 2.45) is 0 Å². The first-order valence-electron chi connectivity index (χ1n) is 9.95. The molecular weight excluding hydrogens is 412 g/mol. The molecule has 31 heavy (non-hydrogen) atoms. The molecule has 156 valence electrons. The van der Waals surface area contributed by atoms with Crippen LogP contribution in [0.15, 0.2) is 66.0 Å². The average molecular weight is 433 g/mol. The molecule has 3 heterocycles. The van der Waals surface area contributed by atoms with E-state index in [1.165, 1.54) is 17.3 Å². The molecule has 0 radical (unpaired) electrons. The monoisotopic (exact) mass is 432 g/mol. The highest BCUT2D eigenvalue weighted by Gasteiger charge is 2.15. The van der Waals surface area contributed by atoms with Crippen molar-refractivity contribution in [2.75, 3.05) is 17.9 Å². The topological polar surface area (TPSA) is 77.8 Å². The fraction of sp³-hybridized carbons (Fsp3) is 0.174. The fourth-order valence-electron chi connectivity index (χ4n) is 3.37. The Morgan fingerprint density at radius 3 is 2.81 bits per heavy atom. The molecule has 8 heteroatoms. The number of thioether (sulfide) groups is 1. The minimum absolute atomic E-state index is 0.123. The number of hydrogen-bond acceptors (Lipinski definition) is 6. The molecule has 0 saturated carbocycles. The van der Waals surface area contributed by atoms with Crippen LogP contribution in [-0.4, -0.2) is 33.1 Å². The van der Waals surface area contributed by atoms with Crippen molar-refractivity contribution < 1.29 is 14.3 Å². The van der Waals surface area contributed by atoms with Gasteiger partial charge in [-0.15, -0.1) is 0 Å². The van der Waals surface area contributed by atoms with E-state index in [-0.39, 0.29) is 18.5 Å². The number of nitrogens with one attached hydrogen (secondary N) is 1. The number of nitrogens with zero attached hydrogens (tertiary/aromatic N) is 3. The Morgan fingerprint density at radius 1 is 1.13 bits per heavy atom. The standard InChI is InChI=1S/C23H20N4O3S/c1-2-15-3-5-16(6-4-15)18-12-19-23(24-9-10-27(19)26-18)31-13-22(28)25-17-7-8-20-21(11-17)30-14-29-20/h3-12H,2,13-14H2,1H3,(H,25,28). The van der Waals surface area contributed by atoms with Gasteiger partial charge in [-0.1, -0.05) is 43.0 Å². The van der Waals surface area contributed by atoms with Crippen molar-refractivity contribution in [1.82, 2.24) is 14.6 Å². The number of benzene rings is 2. The summed E-state index contributed by atoms with van der Waals surface area (Å²) in [5, 5.41) is 8.31. The van der Waals surface area contributed by atoms with Gasteiger partial charge in [0, 0.05) is 29.7 Å². The van der Waals surface area contributed by atoms with Gasteiger partial charge in [0.1, 0.15) is 5.03 Å². The SMILES string of the molecule is CCc1ccc(-c2cc3c(SCC(=O)Nc4ccc5c(c4)OCO5)nccn3n2)cc1. The molecule has 0 unspecified atom stereocenters. The predicted octanol–water partition coefficient (Wildman–Crippen LogP) is 4.42. The smallest absolute Gasteiger partial charge is 0.234 e. The summed E-state index contributed by atoms with van der Waals surface area (Å²) in [6, 6.07) is 15.8. The van der Waals surface area contributed by atoms with E-state index in [2.05, 4.69) is 46.6 Å². The van der Waals surface area contributed by atoms with E-state index in [0.717, 1.165) is 28.2 Å². The van der Waals surface area contributed by atoms with E-state index in [4.69, 9.17) is 9.47 Å². The predicted molar refractivity (Wildman–Crippen MR) is 120 cm³/mol. The molecule has 0 bridgehead atoms. The summed E-state index contributed by atoms with van der Waals surface area (Å²) in [4.78, 5) is 16.9. The minimum atomic E-state index is -0.123. The van der Waals surface area contributed by atoms with Gasteiger partial charge in [-0.2, -0.15) is 5.10 Å². The van der Waals surface area contributed by atoms with Crippen LogP contribution in [0.4, 0.5) is 5.69 Å². The summed E-state index contributed by atoms with van der Waals surface area (Å²) >= 11 is 1.38. The molecule has 4 aromatic rings. The van der Waals surface area contributed by atoms with Crippen LogP contribution in [0.25, 0.3) is 16.8 Å². The molecule has 0 aliphatic carbocycles. The van der Waals surface area contributed by atoms with Crippen molar-refractivity contribution in [1.29, 1.82) is 0 Å². The van der Waals surface area contributed by atoms with Crippen molar-refractivity contribution in [3.8, 4) is 22.8 Å². The Bertz CT molecular complexity index is 1250. The molecule has 1 N–H and O–H groups in total. The number of carbonyl (C=O) groups is 1. The van der Waals surface area contributed by atoms with Crippen LogP contribution < -0.4 is 14.8 Å². The molecule has 1 amide bonds. The molecule has 2 aromatic heterocycles. The zero-order valence-electron chi connectivity index (χ0n) is 16.9. The third-order valence-corrected chi connectivity index (χ3v) is 6.00. The quantitative estimate of drug-likeness (QED) is 0.455. The van der Waals surface area contributed by atoms with Crippen molar-refractivity contribution in [3.05, 3.63) is 66.5 Å². The molecule has 2 aromatic carbocycles. The molecule has 0 atom stereocenters. The summed E-state index contributed by atoms with van der Waals surface area (Å²) in [5.41, 5.74) is 4.76. The average Bonchev–Trinajstić information content (AvgIpc) is 3.44. The van der Waals surface area contributed by atoms with Crippen LogP contribution in [-0.2, 0) is 11.2 Å². The zero-order valence-corrected chi connectivity index (χ0v) is 17.7. The van der Waals surface area contributed by atoms with Gasteiger partial charge in [0.05, 0.1) is 17.0 Å². The number of anilines is 1. The van der Waals surface area contributed by atoms with Gasteiger partial charge in [-0.3, -0.25) is 4.79 Å². The van der Waals surface area contributed by atoms with Gasteiger partial charge in [0.15, 0.2) is 11.5 Å². The molecule has 0 fully saturated rings. The van der Waals surface area contributed by atoms with Crippen LogP contribution >= 0.6 is 11.8 Å². The number of ether oxygens (including phenoxy) is 2. The summed E-state index contributed by atoms with van der Waals surface area (Å²) in [5.74, 6) is 1.43. The largest absolute Gasteiger partial charge is 0.454 e. The van der Waals surface area contributed by atoms with Crippen molar-refractivity contribution in [2.45, 2.75) is 18.4 Å². The number of aromatic nitrogens is 3. The van der Waals surface area contributed by atoms with Gasteiger partial charge in [-0.25, -0.2) is 9.50 Å². The summed E-state index contributed by atoms with van der Waals surface area (Å²) in [7, 11) is 0. The lowest BCUT2D eigenvalue weighted by atomic mass is 10.1. The van der Waals surface area contributed by atoms with Crippen LogP contribution in [0, 0.1) is 0 Å². The maximum Gasteiger partial charge on any atom is 0.234 e. The zero-order chi connectivity index (χ0) is 21.2. The Balaban J connectivity index is 1.29. The number of carbonyl (C=O) groups excluding carboxylic acids is 1. The first kappa shape index (κ1) is 19.4. The minimum Gasteiger partial charge on any atom is -0.454 e. The Hall–Kier alpha value is -3.52. The van der Waals surface area contributed by atoms with E-state index in [0.29, 0.717) is 17.2 Å². The summed E-state index contributed by atoms with van der Waals surface area (Å²) in [6.45, 7) is 2.34. The van der Waals surface area contributed by atoms with E-state index in [1.54, 1.807) is 28.9 Å². The second kappa shape index (κ2) is 8.31. The number of amides is 1. The first-order chi connectivity index (χ1) is 15.2. The van der Waals surface area contributed by atoms with Gasteiger partial charge in [-0.05, 0) is 30.2 Å². The number of fused-ring (bicyclic) bond motifs is 2. The Labute approximate surface area is 183 Å². The molecule has 0 saturated heterocycles. The summed E-state index contributed by atoms with van der Waals surface area (Å²) in [6.07, 6.45) is 4.52. The highest BCUT2D eigenvalue weighted by molar-refractivity contribution is 8.00. The highest BCUT2D eigenvalue weighted by Crippen LogP contribution is 2.34. The van der Waals surface area contributed by atoms with Crippen molar-refractivity contribution in [3.63, 3.8) is 0 Å². The third-order valence-electron chi connectivity index (χ3n) is 5.01. The lowest BCUT2D eigenvalue weighted by Crippen LogP contribution is -2.14. The van der Waals surface area contributed by atoms with Crippen LogP contribution in [0.5, 0.6) is 11.5 Å². The first-order valence-corrected chi connectivity index (χ1v) is 10.9. The fourth-order valence-corrected chi connectivity index (χ4v) is 4.14. The number of aryl methyl sites for hydroxylation is 1. The van der Waals surface area contributed by atoms with Crippen LogP contribution in [0.3, 0.4) is 0 Å². The Kier molecular flexibility index (Phi) is 5.21. The second-order valence-electron chi connectivity index (χ2n) is 7.05. The summed E-state index contributed by atoms with van der Waals surface area (Å²) < 4.78 is 12.4. The molecule has 7 nitrogen and oxygen atoms in total. The maximum absolute atomic E-state index is 12.5. The van der Waals surface area contributed by atoms with E-state index in [1.807, 2.05) is 12.3 Å². The molecule has 1 aliphatic rings. The lowest BCUT2D eigenvalue weighted by molar-refractivity contribution is -0.113. The molecular formula is C23H20N4O3S. The van der Waals surface area contributed by atoms with E-state index < -0.39 is 0 Å². The van der Waals surface area contributed by atoms with Crippen LogP contribution in [0.2, 0.25) is 0 Å². The molecule has 5 rings (SSSR count). The Morgan fingerprint density at radius 2 is 1.97 bits per heavy atom. The lowest BCUT2D eigenvalue weighted by Gasteiger charge is -2.06. The highest BCUT2D eigenvalue weighted by atomic mass is 32.2. The van der Waals surface area contributed by atoms with Gasteiger partial charge >= 0.3 is 0 Å². The van der Waals surface area contributed by atoms with Crippen LogP contribution in [0.1, 0.15) is 12.5 Å².